The topological polar surface area (TPSA) is 135 Å². The number of amides is 1. The molecule has 0 spiro atoms. The molecule has 0 unspecified atom stereocenters. The third-order valence-electron chi connectivity index (χ3n) is 5.87. The number of imidazole rings is 1. The first-order valence-corrected chi connectivity index (χ1v) is 11.3. The normalized spacial score (nSPS) is 18.1. The van der Waals surface area contributed by atoms with Crippen molar-refractivity contribution in [2.24, 2.45) is 16.6 Å². The first-order chi connectivity index (χ1) is 17.1. The van der Waals surface area contributed by atoms with Crippen LogP contribution in [0, 0.1) is 11.7 Å². The van der Waals surface area contributed by atoms with Crippen LogP contribution in [0.1, 0.15) is 36.2 Å². The van der Waals surface area contributed by atoms with Gasteiger partial charge in [-0.2, -0.15) is 0 Å². The number of nitrogens with two attached hydrogens (primary N) is 1. The second-order valence-corrected chi connectivity index (χ2v) is 8.40. The second-order valence-electron chi connectivity index (χ2n) is 8.40. The van der Waals surface area contributed by atoms with Crippen molar-refractivity contribution in [3.63, 3.8) is 0 Å². The van der Waals surface area contributed by atoms with E-state index in [9.17, 15) is 9.18 Å². The lowest BCUT2D eigenvalue weighted by Crippen LogP contribution is -2.26. The predicted molar refractivity (Wildman–Crippen MR) is 131 cm³/mol. The van der Waals surface area contributed by atoms with Crippen LogP contribution in [0.2, 0.25) is 0 Å². The van der Waals surface area contributed by atoms with Crippen molar-refractivity contribution in [2.45, 2.75) is 31.7 Å². The van der Waals surface area contributed by atoms with Gasteiger partial charge in [0.05, 0.1) is 23.8 Å². The number of aromatic nitrogens is 5. The Hall–Kier alpha value is -4.25. The molecule has 1 saturated carbocycles. The minimum Gasteiger partial charge on any atom is -0.337 e. The van der Waals surface area contributed by atoms with Gasteiger partial charge in [-0.3, -0.25) is 9.78 Å². The lowest BCUT2D eigenvalue weighted by Gasteiger charge is -2.22. The summed E-state index contributed by atoms with van der Waals surface area (Å²) in [7, 11) is 0. The Kier molecular flexibility index (Phi) is 6.40. The third-order valence-corrected chi connectivity index (χ3v) is 5.87. The van der Waals surface area contributed by atoms with Gasteiger partial charge in [-0.05, 0) is 49.8 Å². The molecule has 1 aliphatic rings. The van der Waals surface area contributed by atoms with Crippen LogP contribution < -0.4 is 16.4 Å². The number of aliphatic imine (C=N–C) groups is 1. The fraction of sp³-hybridized carbons (Fsp3) is 0.250. The maximum atomic E-state index is 14.0. The number of hydrogen-bond acceptors (Lipinski definition) is 8. The van der Waals surface area contributed by atoms with E-state index in [1.165, 1.54) is 23.0 Å². The highest BCUT2D eigenvalue weighted by molar-refractivity contribution is 6.03. The van der Waals surface area contributed by atoms with E-state index in [0.717, 1.165) is 31.9 Å². The fourth-order valence-electron chi connectivity index (χ4n) is 3.98. The summed E-state index contributed by atoms with van der Waals surface area (Å²) in [5.74, 6) is 0.108. The van der Waals surface area contributed by atoms with Gasteiger partial charge in [0.1, 0.15) is 5.82 Å². The summed E-state index contributed by atoms with van der Waals surface area (Å²) in [6.45, 7) is 0. The monoisotopic (exact) mass is 473 g/mol. The molecule has 11 heteroatoms. The SMILES string of the molecule is NC1CCC(C=Nc2cc(Nc3ccccn3)c3ncc(C(=O)Nc4ccncc4F)n3n2)CC1. The van der Waals surface area contributed by atoms with Crippen LogP contribution in [0.15, 0.2) is 60.1 Å². The van der Waals surface area contributed by atoms with Crippen LogP contribution in [0.5, 0.6) is 0 Å². The van der Waals surface area contributed by atoms with Crippen LogP contribution in [0.4, 0.5) is 27.4 Å². The van der Waals surface area contributed by atoms with Crippen LogP contribution in [0.3, 0.4) is 0 Å². The molecule has 4 aromatic rings. The largest absolute Gasteiger partial charge is 0.337 e. The molecule has 4 aromatic heterocycles. The summed E-state index contributed by atoms with van der Waals surface area (Å²) in [5.41, 5.74) is 7.12. The van der Waals surface area contributed by atoms with Crippen molar-refractivity contribution in [2.75, 3.05) is 10.6 Å². The first kappa shape index (κ1) is 22.5. The average Bonchev–Trinajstić information content (AvgIpc) is 3.30. The summed E-state index contributed by atoms with van der Waals surface area (Å²) in [4.78, 5) is 29.9. The maximum Gasteiger partial charge on any atom is 0.276 e. The van der Waals surface area contributed by atoms with E-state index < -0.39 is 11.7 Å². The number of hydrogen-bond donors (Lipinski definition) is 3. The van der Waals surface area contributed by atoms with E-state index in [2.05, 4.69) is 35.7 Å². The quantitative estimate of drug-likeness (QED) is 0.362. The van der Waals surface area contributed by atoms with Gasteiger partial charge in [-0.15, -0.1) is 5.10 Å². The van der Waals surface area contributed by atoms with Gasteiger partial charge in [-0.1, -0.05) is 6.07 Å². The van der Waals surface area contributed by atoms with E-state index in [4.69, 9.17) is 5.73 Å². The molecule has 1 aliphatic carbocycles. The molecular weight excluding hydrogens is 449 g/mol. The van der Waals surface area contributed by atoms with Gasteiger partial charge in [0, 0.05) is 30.7 Å². The summed E-state index contributed by atoms with van der Waals surface area (Å²) < 4.78 is 15.4. The van der Waals surface area contributed by atoms with E-state index in [-0.39, 0.29) is 17.4 Å². The zero-order valence-corrected chi connectivity index (χ0v) is 18.8. The molecule has 4 heterocycles. The Morgan fingerprint density at radius 2 is 1.97 bits per heavy atom. The van der Waals surface area contributed by atoms with Gasteiger partial charge in [-0.25, -0.2) is 23.9 Å². The highest BCUT2D eigenvalue weighted by Crippen LogP contribution is 2.27. The first-order valence-electron chi connectivity index (χ1n) is 11.3. The Morgan fingerprint density at radius 3 is 2.74 bits per heavy atom. The number of carbonyl (C=O) groups excluding carboxylic acids is 1. The number of carbonyl (C=O) groups is 1. The van der Waals surface area contributed by atoms with Crippen molar-refractivity contribution in [3.8, 4) is 0 Å². The van der Waals surface area contributed by atoms with Crippen LogP contribution in [-0.2, 0) is 0 Å². The zero-order chi connectivity index (χ0) is 24.2. The number of anilines is 3. The summed E-state index contributed by atoms with van der Waals surface area (Å²) in [5, 5.41) is 10.3. The molecule has 1 amide bonds. The third kappa shape index (κ3) is 5.14. The number of fused-ring (bicyclic) bond motifs is 1. The Balaban J connectivity index is 1.50. The lowest BCUT2D eigenvalue weighted by atomic mass is 9.87. The average molecular weight is 474 g/mol. The van der Waals surface area contributed by atoms with E-state index in [1.807, 2.05) is 24.4 Å². The molecule has 178 valence electrons. The van der Waals surface area contributed by atoms with Crippen LogP contribution >= 0.6 is 0 Å². The molecule has 10 nitrogen and oxygen atoms in total. The number of nitrogens with one attached hydrogen (secondary N) is 2. The number of nitrogens with zero attached hydrogens (tertiary/aromatic N) is 6. The van der Waals surface area contributed by atoms with E-state index in [1.54, 1.807) is 12.3 Å². The standard InChI is InChI=1S/C24H24FN9O/c25-17-13-27-10-8-18(17)32-24(35)20-14-30-23-19(31-21-3-1-2-9-28-21)11-22(33-34(20)23)29-12-15-4-6-16(26)7-5-15/h1-3,8-16H,4-7,26H2,(H,28,31)(H,27,32,35). The van der Waals surface area contributed by atoms with Crippen molar-refractivity contribution >= 4 is 40.8 Å². The predicted octanol–water partition coefficient (Wildman–Crippen LogP) is 3.87. The van der Waals surface area contributed by atoms with Crippen LogP contribution in [0.25, 0.3) is 5.65 Å². The highest BCUT2D eigenvalue weighted by Gasteiger charge is 2.20. The summed E-state index contributed by atoms with van der Waals surface area (Å²) in [6.07, 6.45) is 11.3. The van der Waals surface area contributed by atoms with Gasteiger partial charge >= 0.3 is 0 Å². The Bertz CT molecular complexity index is 1360. The van der Waals surface area contributed by atoms with Crippen molar-refractivity contribution < 1.29 is 9.18 Å². The highest BCUT2D eigenvalue weighted by atomic mass is 19.1. The van der Waals surface area contributed by atoms with Crippen molar-refractivity contribution in [1.29, 1.82) is 0 Å². The van der Waals surface area contributed by atoms with Crippen LogP contribution in [-0.4, -0.2) is 42.7 Å². The molecule has 0 aromatic carbocycles. The smallest absolute Gasteiger partial charge is 0.276 e. The van der Waals surface area contributed by atoms with Gasteiger partial charge in [0.25, 0.3) is 5.91 Å². The molecule has 1 fully saturated rings. The minimum atomic E-state index is -0.641. The number of halogens is 1. The van der Waals surface area contributed by atoms with E-state index >= 15 is 0 Å². The molecule has 0 aliphatic heterocycles. The fourth-order valence-corrected chi connectivity index (χ4v) is 3.98. The van der Waals surface area contributed by atoms with Crippen molar-refractivity contribution in [1.82, 2.24) is 24.6 Å². The van der Waals surface area contributed by atoms with E-state index in [0.29, 0.717) is 28.9 Å². The molecule has 5 rings (SSSR count). The van der Waals surface area contributed by atoms with Gasteiger partial charge in [0.15, 0.2) is 23.0 Å². The summed E-state index contributed by atoms with van der Waals surface area (Å²) >= 11 is 0. The van der Waals surface area contributed by atoms with Crippen molar-refractivity contribution in [3.05, 3.63) is 66.6 Å². The molecule has 35 heavy (non-hydrogen) atoms. The minimum absolute atomic E-state index is 0.0106. The molecule has 0 bridgehead atoms. The Labute approximate surface area is 200 Å². The Morgan fingerprint density at radius 1 is 1.11 bits per heavy atom. The molecule has 0 atom stereocenters. The zero-order valence-electron chi connectivity index (χ0n) is 18.8. The number of rotatable bonds is 6. The molecule has 0 saturated heterocycles. The van der Waals surface area contributed by atoms with Gasteiger partial charge < -0.3 is 16.4 Å². The molecule has 4 N–H and O–H groups in total. The maximum absolute atomic E-state index is 14.0. The molecule has 0 radical (unpaired) electrons. The number of pyridine rings is 2. The lowest BCUT2D eigenvalue weighted by molar-refractivity contribution is 0.102. The van der Waals surface area contributed by atoms with Gasteiger partial charge in [0.2, 0.25) is 0 Å². The second kappa shape index (κ2) is 9.94. The summed E-state index contributed by atoms with van der Waals surface area (Å²) in [6, 6.07) is 8.87. The molecular formula is C24H24FN9O.